The van der Waals surface area contributed by atoms with Gasteiger partial charge in [0.25, 0.3) is 0 Å². The average Bonchev–Trinajstić information content (AvgIpc) is 2.12. The largest absolute Gasteiger partial charge is 0.382 e. The zero-order chi connectivity index (χ0) is 10.3. The number of hydrogen-bond donors (Lipinski definition) is 1. The van der Waals surface area contributed by atoms with Crippen molar-refractivity contribution < 1.29 is 0 Å². The number of hydrogen-bond acceptors (Lipinski definition) is 1. The fourth-order valence-electron chi connectivity index (χ4n) is 2.40. The molecule has 0 saturated heterocycles. The first-order chi connectivity index (χ1) is 6.59. The Morgan fingerprint density at radius 2 is 1.93 bits per heavy atom. The molecule has 2 atom stereocenters. The molecule has 0 spiro atoms. The van der Waals surface area contributed by atoms with Crippen LogP contribution in [0.3, 0.4) is 0 Å². The van der Waals surface area contributed by atoms with Gasteiger partial charge in [0.2, 0.25) is 0 Å². The summed E-state index contributed by atoms with van der Waals surface area (Å²) in [5, 5.41) is 3.60. The highest BCUT2D eigenvalue weighted by atomic mass is 14.9. The molecule has 1 N–H and O–H groups in total. The van der Waals surface area contributed by atoms with Crippen LogP contribution < -0.4 is 5.32 Å². The Labute approximate surface area is 86.5 Å². The van der Waals surface area contributed by atoms with Crippen LogP contribution in [-0.2, 0) is 0 Å². The average molecular weight is 189 g/mol. The quantitative estimate of drug-likeness (QED) is 0.657. The summed E-state index contributed by atoms with van der Waals surface area (Å²) >= 11 is 0. The van der Waals surface area contributed by atoms with Gasteiger partial charge in [0, 0.05) is 11.7 Å². The molecule has 76 valence electrons. The lowest BCUT2D eigenvalue weighted by atomic mass is 9.86. The molecular formula is C13H19N. The number of nitrogens with one attached hydrogen (secondary N) is 1. The van der Waals surface area contributed by atoms with Crippen LogP contribution in [0.1, 0.15) is 42.9 Å². The van der Waals surface area contributed by atoms with Gasteiger partial charge in [0.1, 0.15) is 0 Å². The summed E-state index contributed by atoms with van der Waals surface area (Å²) in [4.78, 5) is 0. The molecule has 0 aromatic heterocycles. The lowest BCUT2D eigenvalue weighted by Gasteiger charge is -2.31. The van der Waals surface area contributed by atoms with Crippen molar-refractivity contribution in [2.75, 3.05) is 5.32 Å². The van der Waals surface area contributed by atoms with Crippen molar-refractivity contribution in [3.8, 4) is 0 Å². The molecule has 1 nitrogen and oxygen atoms in total. The van der Waals surface area contributed by atoms with E-state index in [4.69, 9.17) is 0 Å². The van der Waals surface area contributed by atoms with Crippen LogP contribution in [0.15, 0.2) is 12.1 Å². The van der Waals surface area contributed by atoms with E-state index in [-0.39, 0.29) is 0 Å². The van der Waals surface area contributed by atoms with Crippen molar-refractivity contribution in [2.45, 2.75) is 46.1 Å². The van der Waals surface area contributed by atoms with Gasteiger partial charge in [-0.15, -0.1) is 0 Å². The van der Waals surface area contributed by atoms with Crippen LogP contribution in [-0.4, -0.2) is 6.04 Å². The van der Waals surface area contributed by atoms with Gasteiger partial charge in [0.05, 0.1) is 0 Å². The first kappa shape index (κ1) is 9.57. The predicted octanol–water partition coefficient (Wildman–Crippen LogP) is 3.61. The third-order valence-corrected chi connectivity index (χ3v) is 3.40. The highest BCUT2D eigenvalue weighted by Gasteiger charge is 2.22. The van der Waals surface area contributed by atoms with Crippen LogP contribution in [0.4, 0.5) is 5.69 Å². The number of anilines is 1. The Morgan fingerprint density at radius 3 is 2.64 bits per heavy atom. The zero-order valence-corrected chi connectivity index (χ0v) is 9.52. The molecule has 0 amide bonds. The van der Waals surface area contributed by atoms with E-state index in [0.29, 0.717) is 12.0 Å². The van der Waals surface area contributed by atoms with Gasteiger partial charge in [-0.1, -0.05) is 19.1 Å². The maximum atomic E-state index is 3.60. The molecule has 1 aliphatic rings. The summed E-state index contributed by atoms with van der Waals surface area (Å²) in [7, 11) is 0. The second-order valence-electron chi connectivity index (χ2n) is 4.65. The third kappa shape index (κ3) is 1.41. The van der Waals surface area contributed by atoms with Crippen LogP contribution in [0, 0.1) is 13.8 Å². The van der Waals surface area contributed by atoms with E-state index in [0.717, 1.165) is 0 Å². The molecule has 2 rings (SSSR count). The molecule has 0 bridgehead atoms. The Hall–Kier alpha value is -0.980. The fourth-order valence-corrected chi connectivity index (χ4v) is 2.40. The summed E-state index contributed by atoms with van der Waals surface area (Å²) in [5.41, 5.74) is 5.68. The number of benzene rings is 1. The van der Waals surface area contributed by atoms with Gasteiger partial charge in [-0.3, -0.25) is 0 Å². The SMILES string of the molecule is Cc1ccc2c(c1C)N[C@@H](C)C[C@@H]2C. The Kier molecular flexibility index (Phi) is 2.26. The third-order valence-electron chi connectivity index (χ3n) is 3.40. The van der Waals surface area contributed by atoms with Crippen molar-refractivity contribution >= 4 is 5.69 Å². The number of rotatable bonds is 0. The zero-order valence-electron chi connectivity index (χ0n) is 9.52. The van der Waals surface area contributed by atoms with Crippen molar-refractivity contribution in [2.24, 2.45) is 0 Å². The smallest absolute Gasteiger partial charge is 0.0409 e. The van der Waals surface area contributed by atoms with Crippen LogP contribution >= 0.6 is 0 Å². The molecule has 0 fully saturated rings. The lowest BCUT2D eigenvalue weighted by Crippen LogP contribution is -2.25. The van der Waals surface area contributed by atoms with Crippen LogP contribution in [0.25, 0.3) is 0 Å². The first-order valence-corrected chi connectivity index (χ1v) is 5.46. The minimum absolute atomic E-state index is 0.609. The summed E-state index contributed by atoms with van der Waals surface area (Å²) in [6.45, 7) is 8.99. The maximum Gasteiger partial charge on any atom is 0.0409 e. The molecule has 0 aliphatic carbocycles. The highest BCUT2D eigenvalue weighted by molar-refractivity contribution is 5.62. The van der Waals surface area contributed by atoms with Crippen molar-refractivity contribution in [3.05, 3.63) is 28.8 Å². The minimum Gasteiger partial charge on any atom is -0.382 e. The second kappa shape index (κ2) is 3.30. The van der Waals surface area contributed by atoms with Gasteiger partial charge in [-0.25, -0.2) is 0 Å². The van der Waals surface area contributed by atoms with E-state index in [1.807, 2.05) is 0 Å². The molecule has 1 heterocycles. The molecule has 1 aromatic carbocycles. The Morgan fingerprint density at radius 1 is 1.21 bits per heavy atom. The highest BCUT2D eigenvalue weighted by Crippen LogP contribution is 2.36. The molecule has 0 radical (unpaired) electrons. The molecule has 14 heavy (non-hydrogen) atoms. The Balaban J connectivity index is 2.54. The summed E-state index contributed by atoms with van der Waals surface area (Å²) < 4.78 is 0. The summed E-state index contributed by atoms with van der Waals surface area (Å²) in [6.07, 6.45) is 1.25. The van der Waals surface area contributed by atoms with Gasteiger partial charge in [-0.2, -0.15) is 0 Å². The molecule has 1 aromatic rings. The van der Waals surface area contributed by atoms with E-state index in [1.54, 1.807) is 0 Å². The monoisotopic (exact) mass is 189 g/mol. The summed E-state index contributed by atoms with van der Waals surface area (Å²) in [6, 6.07) is 5.13. The van der Waals surface area contributed by atoms with Crippen molar-refractivity contribution in [3.63, 3.8) is 0 Å². The van der Waals surface area contributed by atoms with E-state index in [9.17, 15) is 0 Å². The molecule has 1 aliphatic heterocycles. The fraction of sp³-hybridized carbons (Fsp3) is 0.538. The van der Waals surface area contributed by atoms with E-state index in [2.05, 4.69) is 45.1 Å². The molecule has 1 heteroatoms. The van der Waals surface area contributed by atoms with Crippen LogP contribution in [0.2, 0.25) is 0 Å². The predicted molar refractivity (Wildman–Crippen MR) is 62.0 cm³/mol. The normalized spacial score (nSPS) is 25.4. The standard InChI is InChI=1S/C13H19N/c1-8-5-6-12-9(2)7-10(3)14-13(12)11(8)4/h5-6,9-10,14H,7H2,1-4H3/t9-,10-/m0/s1. The Bertz CT molecular complexity index is 354. The van der Waals surface area contributed by atoms with Gasteiger partial charge in [-0.05, 0) is 49.8 Å². The minimum atomic E-state index is 0.609. The van der Waals surface area contributed by atoms with Crippen LogP contribution in [0.5, 0.6) is 0 Å². The second-order valence-corrected chi connectivity index (χ2v) is 4.65. The van der Waals surface area contributed by atoms with Gasteiger partial charge in [0.15, 0.2) is 0 Å². The van der Waals surface area contributed by atoms with Gasteiger partial charge < -0.3 is 5.32 Å². The molecule has 0 unspecified atom stereocenters. The molecule has 0 saturated carbocycles. The van der Waals surface area contributed by atoms with E-state index >= 15 is 0 Å². The lowest BCUT2D eigenvalue weighted by molar-refractivity contribution is 0.589. The summed E-state index contributed by atoms with van der Waals surface area (Å²) in [5.74, 6) is 0.695. The number of aryl methyl sites for hydroxylation is 1. The van der Waals surface area contributed by atoms with Crippen molar-refractivity contribution in [1.82, 2.24) is 0 Å². The first-order valence-electron chi connectivity index (χ1n) is 5.46. The topological polar surface area (TPSA) is 12.0 Å². The maximum absolute atomic E-state index is 3.60. The van der Waals surface area contributed by atoms with E-state index in [1.165, 1.54) is 28.8 Å². The van der Waals surface area contributed by atoms with Gasteiger partial charge >= 0.3 is 0 Å². The van der Waals surface area contributed by atoms with Crippen molar-refractivity contribution in [1.29, 1.82) is 0 Å². The van der Waals surface area contributed by atoms with E-state index < -0.39 is 0 Å². The number of fused-ring (bicyclic) bond motifs is 1. The molecular weight excluding hydrogens is 170 g/mol.